The molecule has 0 aromatic heterocycles. The zero-order chi connectivity index (χ0) is 23.9. The fraction of sp³-hybridized carbons (Fsp3) is 0.409. The average molecular weight is 446 g/mol. The van der Waals surface area contributed by atoms with Crippen LogP contribution in [0.1, 0.15) is 29.3 Å². The Balaban J connectivity index is 2.05. The van der Waals surface area contributed by atoms with E-state index in [1.54, 1.807) is 0 Å². The molecule has 4 rings (SSSR count). The van der Waals surface area contributed by atoms with Gasteiger partial charge in [0.25, 0.3) is 5.91 Å². The first-order chi connectivity index (χ1) is 14.8. The van der Waals surface area contributed by atoms with E-state index in [1.165, 1.54) is 38.1 Å². The number of halogens is 1. The predicted molar refractivity (Wildman–Crippen MR) is 108 cm³/mol. The van der Waals surface area contributed by atoms with E-state index in [0.29, 0.717) is 0 Å². The summed E-state index contributed by atoms with van der Waals surface area (Å²) in [4.78, 5) is 39.7. The monoisotopic (exact) mass is 446 g/mol. The maximum atomic E-state index is 14.6. The van der Waals surface area contributed by atoms with Gasteiger partial charge in [0.2, 0.25) is 5.78 Å². The average Bonchev–Trinajstić information content (AvgIpc) is 2.68. The van der Waals surface area contributed by atoms with Gasteiger partial charge in [0, 0.05) is 17.4 Å². The molecule has 10 heteroatoms. The maximum Gasteiger partial charge on any atom is 0.255 e. The van der Waals surface area contributed by atoms with Crippen LogP contribution in [0.3, 0.4) is 0 Å². The van der Waals surface area contributed by atoms with Crippen molar-refractivity contribution in [2.45, 2.75) is 30.6 Å². The van der Waals surface area contributed by atoms with Crippen molar-refractivity contribution in [3.63, 3.8) is 0 Å². The van der Waals surface area contributed by atoms with E-state index < -0.39 is 80.6 Å². The Bertz CT molecular complexity index is 1150. The minimum Gasteiger partial charge on any atom is -0.510 e. The molecule has 6 N–H and O–H groups in total. The molecule has 0 saturated carbocycles. The van der Waals surface area contributed by atoms with Gasteiger partial charge in [0.1, 0.15) is 22.9 Å². The lowest BCUT2D eigenvalue weighted by atomic mass is 9.55. The molecule has 170 valence electrons. The second-order valence-corrected chi connectivity index (χ2v) is 8.92. The van der Waals surface area contributed by atoms with E-state index in [2.05, 4.69) is 0 Å². The number of fused-ring (bicyclic) bond motifs is 3. The molecule has 5 atom stereocenters. The maximum absolute atomic E-state index is 14.6. The molecule has 3 aliphatic rings. The summed E-state index contributed by atoms with van der Waals surface area (Å²) in [5.74, 6) is -8.73. The minimum atomic E-state index is -2.79. The summed E-state index contributed by atoms with van der Waals surface area (Å²) in [5.41, 5.74) is -1.24. The number of primary amides is 1. The van der Waals surface area contributed by atoms with Gasteiger partial charge in [-0.2, -0.15) is 0 Å². The van der Waals surface area contributed by atoms with E-state index in [9.17, 15) is 39.2 Å². The third kappa shape index (κ3) is 2.51. The van der Waals surface area contributed by atoms with Crippen LogP contribution in [0, 0.1) is 17.7 Å². The quantitative estimate of drug-likeness (QED) is 0.403. The number of carbonyl (C=O) groups excluding carboxylic acids is 3. The highest BCUT2D eigenvalue weighted by Crippen LogP contribution is 2.55. The number of aliphatic hydroxyl groups excluding tert-OH is 2. The van der Waals surface area contributed by atoms with Crippen LogP contribution in [0.15, 0.2) is 40.9 Å². The molecule has 2 unspecified atom stereocenters. The van der Waals surface area contributed by atoms with Crippen molar-refractivity contribution in [2.24, 2.45) is 17.6 Å². The van der Waals surface area contributed by atoms with E-state index in [-0.39, 0.29) is 12.0 Å². The number of carbonyl (C=O) groups is 3. The molecule has 1 amide bonds. The molecular weight excluding hydrogens is 423 g/mol. The zero-order valence-corrected chi connectivity index (χ0v) is 17.6. The Hall–Kier alpha value is -3.08. The van der Waals surface area contributed by atoms with Crippen molar-refractivity contribution in [2.75, 3.05) is 14.1 Å². The normalized spacial score (nSPS) is 34.4. The van der Waals surface area contributed by atoms with Crippen molar-refractivity contribution in [1.29, 1.82) is 0 Å². The van der Waals surface area contributed by atoms with Crippen LogP contribution in [0.4, 0.5) is 4.39 Å². The molecule has 3 aliphatic carbocycles. The van der Waals surface area contributed by atoms with Gasteiger partial charge in [-0.3, -0.25) is 19.3 Å². The smallest absolute Gasteiger partial charge is 0.255 e. The van der Waals surface area contributed by atoms with Crippen LogP contribution in [-0.4, -0.2) is 68.5 Å². The summed E-state index contributed by atoms with van der Waals surface area (Å²) in [6.07, 6.45) is -0.241. The Kier molecular flexibility index (Phi) is 4.64. The van der Waals surface area contributed by atoms with Gasteiger partial charge in [-0.05, 0) is 39.1 Å². The lowest BCUT2D eigenvalue weighted by Gasteiger charge is -2.52. The third-order valence-electron chi connectivity index (χ3n) is 6.99. The molecule has 9 nitrogen and oxygen atoms in total. The lowest BCUT2D eigenvalue weighted by Crippen LogP contribution is -2.65. The van der Waals surface area contributed by atoms with Crippen molar-refractivity contribution in [3.8, 4) is 0 Å². The first-order valence-electron chi connectivity index (χ1n) is 9.94. The van der Waals surface area contributed by atoms with Gasteiger partial charge in [0.05, 0.1) is 17.2 Å². The number of hydrogen-bond donors (Lipinski definition) is 5. The van der Waals surface area contributed by atoms with Crippen molar-refractivity contribution >= 4 is 17.5 Å². The highest BCUT2D eigenvalue weighted by atomic mass is 19.1. The first-order valence-corrected chi connectivity index (χ1v) is 9.94. The molecule has 1 aromatic carbocycles. The van der Waals surface area contributed by atoms with Crippen LogP contribution in [0.5, 0.6) is 0 Å². The van der Waals surface area contributed by atoms with Gasteiger partial charge >= 0.3 is 0 Å². The Morgan fingerprint density at radius 1 is 1.22 bits per heavy atom. The fourth-order valence-corrected chi connectivity index (χ4v) is 5.48. The Morgan fingerprint density at radius 3 is 2.41 bits per heavy atom. The van der Waals surface area contributed by atoms with E-state index in [1.807, 2.05) is 0 Å². The molecular formula is C22H23FN2O7. The number of likely N-dealkylation sites (N-methyl/N-ethyl adjacent to an activating group) is 1. The number of hydrogen-bond acceptors (Lipinski definition) is 8. The number of nitrogens with two attached hydrogens (primary N) is 1. The molecule has 0 spiro atoms. The molecule has 0 radical (unpaired) electrons. The summed E-state index contributed by atoms with van der Waals surface area (Å²) < 4.78 is 14.6. The van der Waals surface area contributed by atoms with E-state index >= 15 is 0 Å². The molecule has 32 heavy (non-hydrogen) atoms. The summed E-state index contributed by atoms with van der Waals surface area (Å²) in [7, 11) is 3.03. The van der Waals surface area contributed by atoms with Gasteiger partial charge in [-0.15, -0.1) is 0 Å². The van der Waals surface area contributed by atoms with E-state index in [0.717, 1.165) is 6.07 Å². The van der Waals surface area contributed by atoms with Gasteiger partial charge in [-0.25, -0.2) is 4.39 Å². The second-order valence-electron chi connectivity index (χ2n) is 8.92. The zero-order valence-electron chi connectivity index (χ0n) is 17.6. The SMILES string of the molecule is CN(C)[C@@H]1C(O)=C(C(N)=O)C(=O)[C@@]2(O)C(O)=C3C(=O)c4c(F)cccc4[C@@](C)(O)C3CC12. The predicted octanol–water partition coefficient (Wildman–Crippen LogP) is 0.219. The second kappa shape index (κ2) is 6.71. The minimum absolute atomic E-state index is 0.00983. The first kappa shape index (κ1) is 22.1. The molecule has 0 aliphatic heterocycles. The molecule has 0 fully saturated rings. The van der Waals surface area contributed by atoms with Crippen LogP contribution in [-0.2, 0) is 15.2 Å². The number of nitrogens with zero attached hydrogens (tertiary/aromatic N) is 1. The number of aliphatic hydroxyl groups is 4. The van der Waals surface area contributed by atoms with Crippen LogP contribution >= 0.6 is 0 Å². The summed E-state index contributed by atoms with van der Waals surface area (Å²) in [6.45, 7) is 1.35. The van der Waals surface area contributed by atoms with E-state index in [4.69, 9.17) is 5.73 Å². The third-order valence-corrected chi connectivity index (χ3v) is 6.99. The standard InChI is InChI=1S/C22H23FN2O7/c1-21(31)8-5-4-6-11(23)12(8)16(26)13-9(21)7-10-15(25(2)3)17(27)14(20(24)30)19(29)22(10,32)18(13)28/h4-6,9-10,15,27-28,31-32H,7H2,1-3H3,(H2,24,30)/t9?,10?,15-,21+,22-/m0/s1. The fourth-order valence-electron chi connectivity index (χ4n) is 5.48. The van der Waals surface area contributed by atoms with Crippen molar-refractivity contribution in [3.05, 3.63) is 57.8 Å². The molecule has 0 heterocycles. The highest BCUT2D eigenvalue weighted by molar-refractivity contribution is 6.24. The number of amides is 1. The van der Waals surface area contributed by atoms with Crippen molar-refractivity contribution < 1.29 is 39.2 Å². The Labute approximate surface area is 182 Å². The largest absolute Gasteiger partial charge is 0.510 e. The number of ketones is 2. The van der Waals surface area contributed by atoms with Crippen LogP contribution < -0.4 is 5.73 Å². The topological polar surface area (TPSA) is 161 Å². The molecule has 0 bridgehead atoms. The van der Waals surface area contributed by atoms with Crippen LogP contribution in [0.25, 0.3) is 0 Å². The number of benzene rings is 1. The van der Waals surface area contributed by atoms with Crippen molar-refractivity contribution in [1.82, 2.24) is 4.90 Å². The Morgan fingerprint density at radius 2 is 1.84 bits per heavy atom. The molecule has 0 saturated heterocycles. The molecule has 1 aromatic rings. The highest BCUT2D eigenvalue weighted by Gasteiger charge is 2.65. The number of rotatable bonds is 2. The van der Waals surface area contributed by atoms with Gasteiger partial charge in [-0.1, -0.05) is 12.1 Å². The summed E-state index contributed by atoms with van der Waals surface area (Å²) in [5, 5.41) is 44.6. The summed E-state index contributed by atoms with van der Waals surface area (Å²) >= 11 is 0. The van der Waals surface area contributed by atoms with Gasteiger partial charge < -0.3 is 26.2 Å². The number of Topliss-reactive ketones (excluding diaryl/α,β-unsaturated/α-hetero) is 2. The lowest BCUT2D eigenvalue weighted by molar-refractivity contribution is -0.151. The summed E-state index contributed by atoms with van der Waals surface area (Å²) in [6, 6.07) is 2.60. The van der Waals surface area contributed by atoms with Crippen LogP contribution in [0.2, 0.25) is 0 Å². The van der Waals surface area contributed by atoms with Gasteiger partial charge in [0.15, 0.2) is 11.4 Å².